The van der Waals surface area contributed by atoms with Gasteiger partial charge in [-0.2, -0.15) is 0 Å². The fourth-order valence-electron chi connectivity index (χ4n) is 3.30. The number of nitrogens with zero attached hydrogens (tertiary/aromatic N) is 2. The number of nitrogens with one attached hydrogen (secondary N) is 1. The van der Waals surface area contributed by atoms with Crippen LogP contribution in [0, 0.1) is 5.92 Å². The highest BCUT2D eigenvalue weighted by Gasteiger charge is 2.43. The van der Waals surface area contributed by atoms with Crippen molar-refractivity contribution in [2.45, 2.75) is 58.2 Å². The van der Waals surface area contributed by atoms with Crippen LogP contribution in [0.15, 0.2) is 0 Å². The number of piperidine rings is 1. The van der Waals surface area contributed by atoms with Crippen molar-refractivity contribution in [2.24, 2.45) is 5.92 Å². The summed E-state index contributed by atoms with van der Waals surface area (Å²) in [5.41, 5.74) is 0. The van der Waals surface area contributed by atoms with E-state index in [4.69, 9.17) is 0 Å². The van der Waals surface area contributed by atoms with Crippen LogP contribution < -0.4 is 5.32 Å². The third kappa shape index (κ3) is 2.82. The first-order chi connectivity index (χ1) is 9.45. The van der Waals surface area contributed by atoms with Crippen LogP contribution >= 0.6 is 0 Å². The number of rotatable bonds is 3. The van der Waals surface area contributed by atoms with E-state index in [9.17, 15) is 9.59 Å². The van der Waals surface area contributed by atoms with Gasteiger partial charge in [-0.3, -0.25) is 9.59 Å². The molecule has 0 aromatic carbocycles. The Morgan fingerprint density at radius 1 is 1.40 bits per heavy atom. The molecule has 2 rings (SSSR count). The summed E-state index contributed by atoms with van der Waals surface area (Å²) >= 11 is 0. The highest BCUT2D eigenvalue weighted by atomic mass is 16.2. The average molecular weight is 281 g/mol. The molecule has 5 nitrogen and oxygen atoms in total. The molecule has 0 radical (unpaired) electrons. The topological polar surface area (TPSA) is 52.7 Å². The lowest BCUT2D eigenvalue weighted by molar-refractivity contribution is -0.154. The van der Waals surface area contributed by atoms with Crippen LogP contribution in [0.25, 0.3) is 0 Å². The van der Waals surface area contributed by atoms with Crippen molar-refractivity contribution in [3.8, 4) is 0 Å². The predicted octanol–water partition coefficient (Wildman–Crippen LogP) is 0.842. The minimum absolute atomic E-state index is 0.0110. The van der Waals surface area contributed by atoms with E-state index in [0.717, 1.165) is 32.4 Å². The Morgan fingerprint density at radius 3 is 2.70 bits per heavy atom. The SMILES string of the molecule is CCC(C)C1NC(=O)C(C)N(C2CCCN(C)C2)C1=O. The van der Waals surface area contributed by atoms with Crippen molar-refractivity contribution < 1.29 is 9.59 Å². The zero-order chi connectivity index (χ0) is 14.9. The Labute approximate surface area is 121 Å². The number of hydrogen-bond acceptors (Lipinski definition) is 3. The number of amides is 2. The monoisotopic (exact) mass is 281 g/mol. The fraction of sp³-hybridized carbons (Fsp3) is 0.867. The fourth-order valence-corrected chi connectivity index (χ4v) is 3.30. The Bertz CT molecular complexity index is 385. The number of carbonyl (C=O) groups is 2. The van der Waals surface area contributed by atoms with Crippen molar-refractivity contribution in [3.05, 3.63) is 0 Å². The van der Waals surface area contributed by atoms with E-state index in [2.05, 4.69) is 24.2 Å². The Hall–Kier alpha value is -1.10. The Kier molecular flexibility index (Phi) is 4.68. The average Bonchev–Trinajstić information content (AvgIpc) is 2.42. The van der Waals surface area contributed by atoms with Gasteiger partial charge in [-0.05, 0) is 39.3 Å². The minimum Gasteiger partial charge on any atom is -0.342 e. The van der Waals surface area contributed by atoms with Crippen molar-refractivity contribution in [2.75, 3.05) is 20.1 Å². The molecule has 2 aliphatic heterocycles. The van der Waals surface area contributed by atoms with Crippen LogP contribution in [0.2, 0.25) is 0 Å². The zero-order valence-electron chi connectivity index (χ0n) is 13.1. The Morgan fingerprint density at radius 2 is 2.10 bits per heavy atom. The molecule has 0 saturated carbocycles. The van der Waals surface area contributed by atoms with E-state index < -0.39 is 0 Å². The molecule has 2 aliphatic rings. The normalized spacial score (nSPS) is 34.0. The van der Waals surface area contributed by atoms with Crippen LogP contribution in [0.1, 0.15) is 40.0 Å². The number of likely N-dealkylation sites (tertiary alicyclic amines) is 1. The summed E-state index contributed by atoms with van der Waals surface area (Å²) in [6, 6.07) is -0.524. The molecule has 0 aromatic rings. The predicted molar refractivity (Wildman–Crippen MR) is 78.2 cm³/mol. The molecule has 0 spiro atoms. The third-order valence-electron chi connectivity index (χ3n) is 4.82. The molecule has 2 saturated heterocycles. The number of carbonyl (C=O) groups excluding carboxylic acids is 2. The molecule has 0 aromatic heterocycles. The van der Waals surface area contributed by atoms with E-state index >= 15 is 0 Å². The van der Waals surface area contributed by atoms with Gasteiger partial charge in [-0.1, -0.05) is 20.3 Å². The van der Waals surface area contributed by atoms with Gasteiger partial charge in [-0.25, -0.2) is 0 Å². The summed E-state index contributed by atoms with van der Waals surface area (Å²) in [4.78, 5) is 29.1. The summed E-state index contributed by atoms with van der Waals surface area (Å²) in [7, 11) is 2.08. The first kappa shape index (κ1) is 15.3. The second-order valence-corrected chi connectivity index (χ2v) is 6.35. The maximum atomic E-state index is 12.8. The van der Waals surface area contributed by atoms with E-state index in [1.165, 1.54) is 0 Å². The standard InChI is InChI=1S/C15H27N3O2/c1-5-10(2)13-15(20)18(11(3)14(19)16-13)12-7-6-8-17(4)9-12/h10-13H,5-9H2,1-4H3,(H,16,19). The van der Waals surface area contributed by atoms with Crippen LogP contribution in [-0.2, 0) is 9.59 Å². The van der Waals surface area contributed by atoms with Crippen molar-refractivity contribution in [3.63, 3.8) is 0 Å². The molecule has 1 N–H and O–H groups in total. The van der Waals surface area contributed by atoms with Crippen LogP contribution in [0.4, 0.5) is 0 Å². The second-order valence-electron chi connectivity index (χ2n) is 6.35. The molecule has 4 atom stereocenters. The second kappa shape index (κ2) is 6.12. The van der Waals surface area contributed by atoms with Gasteiger partial charge in [-0.15, -0.1) is 0 Å². The van der Waals surface area contributed by atoms with Gasteiger partial charge < -0.3 is 15.1 Å². The smallest absolute Gasteiger partial charge is 0.246 e. The van der Waals surface area contributed by atoms with Crippen LogP contribution in [0.3, 0.4) is 0 Å². The molecule has 20 heavy (non-hydrogen) atoms. The van der Waals surface area contributed by atoms with Crippen molar-refractivity contribution in [1.29, 1.82) is 0 Å². The van der Waals surface area contributed by atoms with E-state index in [-0.39, 0.29) is 35.9 Å². The Balaban J connectivity index is 2.19. The van der Waals surface area contributed by atoms with Gasteiger partial charge in [0, 0.05) is 12.6 Å². The van der Waals surface area contributed by atoms with Crippen LogP contribution in [-0.4, -0.2) is 59.9 Å². The van der Waals surface area contributed by atoms with E-state index in [1.807, 2.05) is 18.7 Å². The van der Waals surface area contributed by atoms with Gasteiger partial charge in [0.25, 0.3) is 0 Å². The molecule has 2 fully saturated rings. The maximum absolute atomic E-state index is 12.8. The van der Waals surface area contributed by atoms with Crippen molar-refractivity contribution in [1.82, 2.24) is 15.1 Å². The lowest BCUT2D eigenvalue weighted by atomic mass is 9.92. The molecule has 0 aliphatic carbocycles. The summed E-state index contributed by atoms with van der Waals surface area (Å²) in [5, 5.41) is 2.90. The highest BCUT2D eigenvalue weighted by molar-refractivity contribution is 5.97. The highest BCUT2D eigenvalue weighted by Crippen LogP contribution is 2.24. The zero-order valence-corrected chi connectivity index (χ0v) is 13.1. The molecular formula is C15H27N3O2. The molecule has 0 bridgehead atoms. The summed E-state index contributed by atoms with van der Waals surface area (Å²) < 4.78 is 0. The number of hydrogen-bond donors (Lipinski definition) is 1. The molecule has 2 amide bonds. The van der Waals surface area contributed by atoms with Gasteiger partial charge >= 0.3 is 0 Å². The van der Waals surface area contributed by atoms with Gasteiger partial charge in [0.15, 0.2) is 0 Å². The van der Waals surface area contributed by atoms with Gasteiger partial charge in [0.1, 0.15) is 12.1 Å². The first-order valence-corrected chi connectivity index (χ1v) is 7.76. The van der Waals surface area contributed by atoms with E-state index in [1.54, 1.807) is 0 Å². The van der Waals surface area contributed by atoms with E-state index in [0.29, 0.717) is 0 Å². The quantitative estimate of drug-likeness (QED) is 0.834. The lowest BCUT2D eigenvalue weighted by Gasteiger charge is -2.46. The first-order valence-electron chi connectivity index (χ1n) is 7.76. The summed E-state index contributed by atoms with van der Waals surface area (Å²) in [6.07, 6.45) is 2.98. The summed E-state index contributed by atoms with van der Waals surface area (Å²) in [5.74, 6) is 0.276. The lowest BCUT2D eigenvalue weighted by Crippen LogP contribution is -2.67. The minimum atomic E-state index is -0.351. The molecule has 2 heterocycles. The van der Waals surface area contributed by atoms with Crippen LogP contribution in [0.5, 0.6) is 0 Å². The largest absolute Gasteiger partial charge is 0.342 e. The number of piperazine rings is 1. The molecule has 5 heteroatoms. The third-order valence-corrected chi connectivity index (χ3v) is 4.82. The molecular weight excluding hydrogens is 254 g/mol. The summed E-state index contributed by atoms with van der Waals surface area (Å²) in [6.45, 7) is 7.88. The molecule has 4 unspecified atom stereocenters. The maximum Gasteiger partial charge on any atom is 0.246 e. The van der Waals surface area contributed by atoms with Gasteiger partial charge in [0.2, 0.25) is 11.8 Å². The van der Waals surface area contributed by atoms with Crippen molar-refractivity contribution >= 4 is 11.8 Å². The molecule has 114 valence electrons. The van der Waals surface area contributed by atoms with Gasteiger partial charge in [0.05, 0.1) is 0 Å². The number of likely N-dealkylation sites (N-methyl/N-ethyl adjacent to an activating group) is 1.